The number of thiol groups is 1. The molecule has 0 saturated carbocycles. The fourth-order valence-corrected chi connectivity index (χ4v) is 2.70. The quantitative estimate of drug-likeness (QED) is 0.688. The molecule has 0 aliphatic heterocycles. The van der Waals surface area contributed by atoms with E-state index < -0.39 is 0 Å². The Kier molecular flexibility index (Phi) is 2.17. The molecule has 66 valence electrons. The summed E-state index contributed by atoms with van der Waals surface area (Å²) in [6.45, 7) is 0. The lowest BCUT2D eigenvalue weighted by atomic mass is 10.1. The van der Waals surface area contributed by atoms with Gasteiger partial charge in [0.1, 0.15) is 6.07 Å². The Balaban J connectivity index is 2.89. The highest BCUT2D eigenvalue weighted by Crippen LogP contribution is 2.31. The van der Waals surface area contributed by atoms with E-state index in [1.807, 2.05) is 0 Å². The largest absolute Gasteiger partial charge is 0.192 e. The van der Waals surface area contributed by atoms with Crippen LogP contribution in [0.15, 0.2) is 22.4 Å². The fourth-order valence-electron chi connectivity index (χ4n) is 1.29. The first-order chi connectivity index (χ1) is 6.76. The molecule has 2 rings (SSSR count). The van der Waals surface area contributed by atoms with Gasteiger partial charge in [-0.2, -0.15) is 10.5 Å². The first-order valence-electron chi connectivity index (χ1n) is 3.80. The second-order valence-corrected chi connectivity index (χ2v) is 4.13. The molecule has 14 heavy (non-hydrogen) atoms. The zero-order valence-corrected chi connectivity index (χ0v) is 8.69. The molecular formula is C10H4N2S2. The number of hydrogen-bond donors (Lipinski definition) is 1. The van der Waals surface area contributed by atoms with Crippen LogP contribution in [0.25, 0.3) is 10.1 Å². The summed E-state index contributed by atoms with van der Waals surface area (Å²) in [4.78, 5) is 0.692. The summed E-state index contributed by atoms with van der Waals surface area (Å²) in [6.07, 6.45) is 0. The lowest BCUT2D eigenvalue weighted by molar-refractivity contribution is 1.46. The predicted molar refractivity (Wildman–Crippen MR) is 58.5 cm³/mol. The van der Waals surface area contributed by atoms with Crippen LogP contribution >= 0.6 is 24.0 Å². The van der Waals surface area contributed by atoms with Gasteiger partial charge in [0.2, 0.25) is 0 Å². The Bertz CT molecular complexity index is 584. The van der Waals surface area contributed by atoms with Gasteiger partial charge in [-0.1, -0.05) is 0 Å². The van der Waals surface area contributed by atoms with Gasteiger partial charge in [0.25, 0.3) is 0 Å². The summed E-state index contributed by atoms with van der Waals surface area (Å²) in [6, 6.07) is 7.63. The monoisotopic (exact) mass is 216 g/mol. The minimum atomic E-state index is 0.578. The van der Waals surface area contributed by atoms with Gasteiger partial charge in [-0.3, -0.25) is 0 Å². The minimum absolute atomic E-state index is 0.578. The lowest BCUT2D eigenvalue weighted by Crippen LogP contribution is -1.77. The molecule has 2 nitrogen and oxygen atoms in total. The Morgan fingerprint density at radius 3 is 2.64 bits per heavy atom. The van der Waals surface area contributed by atoms with Crippen molar-refractivity contribution in [3.63, 3.8) is 0 Å². The van der Waals surface area contributed by atoms with Crippen molar-refractivity contribution in [3.8, 4) is 12.1 Å². The van der Waals surface area contributed by atoms with Crippen molar-refractivity contribution in [2.45, 2.75) is 4.90 Å². The number of nitriles is 2. The number of thiophene rings is 1. The van der Waals surface area contributed by atoms with E-state index in [1.165, 1.54) is 11.3 Å². The molecule has 0 aliphatic carbocycles. The molecule has 0 atom stereocenters. The highest BCUT2D eigenvalue weighted by atomic mass is 32.1. The molecule has 0 saturated heterocycles. The average molecular weight is 216 g/mol. The fraction of sp³-hybridized carbons (Fsp3) is 0. The maximum Gasteiger partial charge on any atom is 0.101 e. The third-order valence-corrected chi connectivity index (χ3v) is 3.19. The van der Waals surface area contributed by atoms with Crippen LogP contribution in [0.5, 0.6) is 0 Å². The van der Waals surface area contributed by atoms with Gasteiger partial charge >= 0.3 is 0 Å². The van der Waals surface area contributed by atoms with E-state index in [-0.39, 0.29) is 0 Å². The van der Waals surface area contributed by atoms with E-state index in [0.29, 0.717) is 16.0 Å². The Morgan fingerprint density at radius 1 is 1.21 bits per heavy atom. The van der Waals surface area contributed by atoms with Gasteiger partial charge in [-0.25, -0.2) is 0 Å². The van der Waals surface area contributed by atoms with Gasteiger partial charge in [-0.15, -0.1) is 24.0 Å². The molecule has 1 aromatic heterocycles. The van der Waals surface area contributed by atoms with E-state index in [0.717, 1.165) is 10.1 Å². The van der Waals surface area contributed by atoms with Crippen LogP contribution in [0.1, 0.15) is 11.1 Å². The summed E-state index contributed by atoms with van der Waals surface area (Å²) >= 11 is 5.73. The van der Waals surface area contributed by atoms with E-state index in [4.69, 9.17) is 10.5 Å². The highest BCUT2D eigenvalue weighted by Gasteiger charge is 2.08. The van der Waals surface area contributed by atoms with Crippen LogP contribution in [0.4, 0.5) is 0 Å². The van der Waals surface area contributed by atoms with E-state index in [2.05, 4.69) is 24.8 Å². The first kappa shape index (κ1) is 9.08. The number of fused-ring (bicyclic) bond motifs is 1. The van der Waals surface area contributed by atoms with E-state index >= 15 is 0 Å². The minimum Gasteiger partial charge on any atom is -0.192 e. The zero-order valence-electron chi connectivity index (χ0n) is 6.98. The van der Waals surface area contributed by atoms with Crippen LogP contribution in [0, 0.1) is 22.7 Å². The smallest absolute Gasteiger partial charge is 0.101 e. The van der Waals surface area contributed by atoms with E-state index in [9.17, 15) is 0 Å². The van der Waals surface area contributed by atoms with Crippen LogP contribution < -0.4 is 0 Å². The Labute approximate surface area is 90.4 Å². The molecule has 0 fully saturated rings. The van der Waals surface area contributed by atoms with Crippen LogP contribution in [0.3, 0.4) is 0 Å². The zero-order chi connectivity index (χ0) is 10.1. The molecule has 1 aromatic carbocycles. The molecule has 1 heterocycles. The molecule has 0 spiro atoms. The Hall–Kier alpha value is -1.49. The number of benzene rings is 1. The second-order valence-electron chi connectivity index (χ2n) is 2.74. The molecule has 0 bridgehead atoms. The van der Waals surface area contributed by atoms with Crippen LogP contribution in [0.2, 0.25) is 0 Å². The standard InChI is InChI=1S/C10H4N2S2/c11-3-6-1-8(13)10-7(4-12)5-14-9(10)2-6/h1-2,5,13H. The van der Waals surface area contributed by atoms with Crippen molar-refractivity contribution in [2.24, 2.45) is 0 Å². The summed E-state index contributed by atoms with van der Waals surface area (Å²) in [7, 11) is 0. The number of hydrogen-bond acceptors (Lipinski definition) is 4. The van der Waals surface area contributed by atoms with Crippen molar-refractivity contribution in [1.29, 1.82) is 10.5 Å². The summed E-state index contributed by atoms with van der Waals surface area (Å²) < 4.78 is 0.936. The molecule has 0 amide bonds. The maximum absolute atomic E-state index is 8.83. The summed E-state index contributed by atoms with van der Waals surface area (Å²) in [5.41, 5.74) is 1.20. The topological polar surface area (TPSA) is 47.6 Å². The normalized spacial score (nSPS) is 9.64. The van der Waals surface area contributed by atoms with Crippen molar-refractivity contribution >= 4 is 34.1 Å². The van der Waals surface area contributed by atoms with Crippen LogP contribution in [-0.2, 0) is 0 Å². The lowest BCUT2D eigenvalue weighted by Gasteiger charge is -1.96. The average Bonchev–Trinajstić information content (AvgIpc) is 2.61. The maximum atomic E-state index is 8.83. The third kappa shape index (κ3) is 1.26. The number of nitrogens with zero attached hydrogens (tertiary/aromatic N) is 2. The molecule has 0 N–H and O–H groups in total. The van der Waals surface area contributed by atoms with Crippen molar-refractivity contribution in [3.05, 3.63) is 28.6 Å². The predicted octanol–water partition coefficient (Wildman–Crippen LogP) is 2.93. The molecule has 0 unspecified atom stereocenters. The van der Waals surface area contributed by atoms with Crippen molar-refractivity contribution in [1.82, 2.24) is 0 Å². The van der Waals surface area contributed by atoms with Gasteiger partial charge in [-0.05, 0) is 12.1 Å². The highest BCUT2D eigenvalue weighted by molar-refractivity contribution is 7.80. The molecular weight excluding hydrogens is 212 g/mol. The SMILES string of the molecule is N#Cc1cc(S)c2c(C#N)csc2c1. The van der Waals surface area contributed by atoms with Gasteiger partial charge < -0.3 is 0 Å². The number of rotatable bonds is 0. The third-order valence-electron chi connectivity index (χ3n) is 1.90. The molecule has 0 radical (unpaired) electrons. The van der Waals surface area contributed by atoms with Gasteiger partial charge in [0.15, 0.2) is 0 Å². The van der Waals surface area contributed by atoms with Gasteiger partial charge in [0, 0.05) is 20.4 Å². The van der Waals surface area contributed by atoms with Crippen LogP contribution in [-0.4, -0.2) is 0 Å². The van der Waals surface area contributed by atoms with Crippen molar-refractivity contribution < 1.29 is 0 Å². The second kappa shape index (κ2) is 3.34. The Morgan fingerprint density at radius 2 is 2.00 bits per heavy atom. The van der Waals surface area contributed by atoms with Crippen molar-refractivity contribution in [2.75, 3.05) is 0 Å². The molecule has 0 aliphatic rings. The first-order valence-corrected chi connectivity index (χ1v) is 5.13. The summed E-state index contributed by atoms with van der Waals surface area (Å²) in [5, 5.41) is 20.2. The molecule has 4 heteroatoms. The molecule has 2 aromatic rings. The summed E-state index contributed by atoms with van der Waals surface area (Å²) in [5.74, 6) is 0. The van der Waals surface area contributed by atoms with Gasteiger partial charge in [0.05, 0.1) is 17.2 Å². The van der Waals surface area contributed by atoms with E-state index in [1.54, 1.807) is 17.5 Å².